The Labute approximate surface area is 60.3 Å². The normalized spacial score (nSPS) is 17.0. The van der Waals surface area contributed by atoms with E-state index >= 15 is 0 Å². The van der Waals surface area contributed by atoms with Gasteiger partial charge in [0, 0.05) is 12.2 Å². The summed E-state index contributed by atoms with van der Waals surface area (Å²) < 4.78 is 4.55. The SMILES string of the molecule is COC(=O)N1CCC=C1C. The van der Waals surface area contributed by atoms with Gasteiger partial charge in [0.15, 0.2) is 0 Å². The predicted octanol–water partition coefficient (Wildman–Crippen LogP) is 1.36. The van der Waals surface area contributed by atoms with Crippen LogP contribution >= 0.6 is 0 Å². The van der Waals surface area contributed by atoms with Gasteiger partial charge in [-0.3, -0.25) is 4.90 Å². The molecule has 1 heterocycles. The van der Waals surface area contributed by atoms with Crippen LogP contribution in [0.3, 0.4) is 0 Å². The van der Waals surface area contributed by atoms with Crippen molar-refractivity contribution >= 4 is 6.09 Å². The number of carbonyl (C=O) groups is 1. The average molecular weight is 141 g/mol. The molecule has 0 fully saturated rings. The van der Waals surface area contributed by atoms with E-state index in [2.05, 4.69) is 4.74 Å². The first-order chi connectivity index (χ1) is 4.75. The topological polar surface area (TPSA) is 29.5 Å². The Morgan fingerprint density at radius 2 is 2.50 bits per heavy atom. The predicted molar refractivity (Wildman–Crippen MR) is 37.5 cm³/mol. The number of methoxy groups -OCH3 is 1. The Morgan fingerprint density at radius 3 is 2.90 bits per heavy atom. The Kier molecular flexibility index (Phi) is 1.94. The van der Waals surface area contributed by atoms with E-state index in [1.807, 2.05) is 13.0 Å². The van der Waals surface area contributed by atoms with Crippen LogP contribution in [0.15, 0.2) is 11.8 Å². The lowest BCUT2D eigenvalue weighted by atomic mass is 10.4. The van der Waals surface area contributed by atoms with E-state index in [4.69, 9.17) is 0 Å². The summed E-state index contributed by atoms with van der Waals surface area (Å²) in [5.74, 6) is 0. The van der Waals surface area contributed by atoms with Crippen LogP contribution in [0.2, 0.25) is 0 Å². The number of carbonyl (C=O) groups excluding carboxylic acids is 1. The number of ether oxygens (including phenoxy) is 1. The zero-order valence-corrected chi connectivity index (χ0v) is 6.26. The lowest BCUT2D eigenvalue weighted by Crippen LogP contribution is -2.26. The fraction of sp³-hybridized carbons (Fsp3) is 0.571. The van der Waals surface area contributed by atoms with Gasteiger partial charge < -0.3 is 4.74 Å². The minimum atomic E-state index is -0.258. The summed E-state index contributed by atoms with van der Waals surface area (Å²) in [6.45, 7) is 2.67. The van der Waals surface area contributed by atoms with Crippen molar-refractivity contribution in [2.45, 2.75) is 13.3 Å². The highest BCUT2D eigenvalue weighted by Crippen LogP contribution is 2.14. The summed E-state index contributed by atoms with van der Waals surface area (Å²) in [5.41, 5.74) is 0.992. The second kappa shape index (κ2) is 2.73. The van der Waals surface area contributed by atoms with Crippen LogP contribution in [0.25, 0.3) is 0 Å². The highest BCUT2D eigenvalue weighted by molar-refractivity contribution is 5.70. The Morgan fingerprint density at radius 1 is 1.80 bits per heavy atom. The fourth-order valence-electron chi connectivity index (χ4n) is 1.03. The molecule has 0 aromatic heterocycles. The highest BCUT2D eigenvalue weighted by atomic mass is 16.5. The third-order valence-corrected chi connectivity index (χ3v) is 1.61. The van der Waals surface area contributed by atoms with E-state index in [0.29, 0.717) is 0 Å². The zero-order chi connectivity index (χ0) is 7.56. The molecular weight excluding hydrogens is 130 g/mol. The summed E-state index contributed by atoms with van der Waals surface area (Å²) >= 11 is 0. The lowest BCUT2D eigenvalue weighted by Gasteiger charge is -2.14. The van der Waals surface area contributed by atoms with Gasteiger partial charge in [-0.05, 0) is 13.3 Å². The molecule has 0 saturated heterocycles. The maximum absolute atomic E-state index is 10.9. The van der Waals surface area contributed by atoms with Crippen molar-refractivity contribution in [2.75, 3.05) is 13.7 Å². The molecule has 1 aliphatic heterocycles. The molecule has 0 N–H and O–H groups in total. The van der Waals surface area contributed by atoms with Gasteiger partial charge in [-0.15, -0.1) is 0 Å². The Bertz CT molecular complexity index is 174. The van der Waals surface area contributed by atoms with Crippen molar-refractivity contribution in [3.63, 3.8) is 0 Å². The van der Waals surface area contributed by atoms with Crippen molar-refractivity contribution < 1.29 is 9.53 Å². The molecule has 56 valence electrons. The van der Waals surface area contributed by atoms with Crippen molar-refractivity contribution in [1.29, 1.82) is 0 Å². The van der Waals surface area contributed by atoms with Crippen LogP contribution in [0.5, 0.6) is 0 Å². The smallest absolute Gasteiger partial charge is 0.413 e. The summed E-state index contributed by atoms with van der Waals surface area (Å²) in [5, 5.41) is 0. The second-order valence-corrected chi connectivity index (χ2v) is 2.26. The van der Waals surface area contributed by atoms with Gasteiger partial charge in [-0.2, -0.15) is 0 Å². The van der Waals surface area contributed by atoms with E-state index in [-0.39, 0.29) is 6.09 Å². The molecule has 1 aliphatic rings. The van der Waals surface area contributed by atoms with Gasteiger partial charge in [0.2, 0.25) is 0 Å². The molecular formula is C7H11NO2. The average Bonchev–Trinajstić information content (AvgIpc) is 2.34. The van der Waals surface area contributed by atoms with Crippen molar-refractivity contribution in [1.82, 2.24) is 4.90 Å². The van der Waals surface area contributed by atoms with Gasteiger partial charge in [0.25, 0.3) is 0 Å². The number of hydrogen-bond acceptors (Lipinski definition) is 2. The van der Waals surface area contributed by atoms with Gasteiger partial charge >= 0.3 is 6.09 Å². The number of rotatable bonds is 0. The van der Waals surface area contributed by atoms with Crippen molar-refractivity contribution in [2.24, 2.45) is 0 Å². The largest absolute Gasteiger partial charge is 0.452 e. The molecule has 0 unspecified atom stereocenters. The first-order valence-corrected chi connectivity index (χ1v) is 3.28. The van der Waals surface area contributed by atoms with Crippen molar-refractivity contribution in [3.05, 3.63) is 11.8 Å². The number of nitrogens with zero attached hydrogens (tertiary/aromatic N) is 1. The highest BCUT2D eigenvalue weighted by Gasteiger charge is 2.18. The Balaban J connectivity index is 2.57. The molecule has 0 saturated carbocycles. The second-order valence-electron chi connectivity index (χ2n) is 2.26. The maximum Gasteiger partial charge on any atom is 0.413 e. The van der Waals surface area contributed by atoms with Gasteiger partial charge in [-0.25, -0.2) is 4.79 Å². The quantitative estimate of drug-likeness (QED) is 0.509. The summed E-state index contributed by atoms with van der Waals surface area (Å²) in [7, 11) is 1.40. The molecule has 0 aliphatic carbocycles. The molecule has 0 aromatic rings. The first kappa shape index (κ1) is 7.12. The fourth-order valence-corrected chi connectivity index (χ4v) is 1.03. The monoisotopic (exact) mass is 141 g/mol. The Hall–Kier alpha value is -0.990. The van der Waals surface area contributed by atoms with Crippen LogP contribution < -0.4 is 0 Å². The van der Waals surface area contributed by atoms with Crippen LogP contribution in [0.4, 0.5) is 4.79 Å². The van der Waals surface area contributed by atoms with Crippen molar-refractivity contribution in [3.8, 4) is 0 Å². The van der Waals surface area contributed by atoms with Crippen LogP contribution in [-0.4, -0.2) is 24.6 Å². The van der Waals surface area contributed by atoms with Gasteiger partial charge in [0.1, 0.15) is 0 Å². The summed E-state index contributed by atoms with van der Waals surface area (Å²) in [6.07, 6.45) is 2.71. The zero-order valence-electron chi connectivity index (χ0n) is 6.26. The third kappa shape index (κ3) is 1.12. The molecule has 3 nitrogen and oxygen atoms in total. The lowest BCUT2D eigenvalue weighted by molar-refractivity contribution is 0.139. The third-order valence-electron chi connectivity index (χ3n) is 1.61. The van der Waals surface area contributed by atoms with Gasteiger partial charge in [-0.1, -0.05) is 6.08 Å². The molecule has 0 radical (unpaired) electrons. The number of allylic oxidation sites excluding steroid dienone is 1. The maximum atomic E-state index is 10.9. The summed E-state index contributed by atoms with van der Waals surface area (Å²) in [6, 6.07) is 0. The van der Waals surface area contributed by atoms with E-state index in [1.54, 1.807) is 4.90 Å². The standard InChI is InChI=1S/C7H11NO2/c1-6-4-3-5-8(6)7(9)10-2/h4H,3,5H2,1-2H3. The molecule has 0 aromatic carbocycles. The molecule has 0 atom stereocenters. The van der Waals surface area contributed by atoms with E-state index in [9.17, 15) is 4.79 Å². The molecule has 0 bridgehead atoms. The van der Waals surface area contributed by atoms with Crippen LogP contribution in [-0.2, 0) is 4.74 Å². The number of amides is 1. The summed E-state index contributed by atoms with van der Waals surface area (Å²) in [4.78, 5) is 12.5. The van der Waals surface area contributed by atoms with E-state index in [1.165, 1.54) is 7.11 Å². The minimum Gasteiger partial charge on any atom is -0.452 e. The molecule has 1 rings (SSSR count). The molecule has 1 amide bonds. The van der Waals surface area contributed by atoms with E-state index in [0.717, 1.165) is 18.7 Å². The van der Waals surface area contributed by atoms with Crippen LogP contribution in [0, 0.1) is 0 Å². The molecule has 10 heavy (non-hydrogen) atoms. The molecule has 0 spiro atoms. The minimum absolute atomic E-state index is 0.258. The van der Waals surface area contributed by atoms with Crippen LogP contribution in [0.1, 0.15) is 13.3 Å². The molecule has 3 heteroatoms. The first-order valence-electron chi connectivity index (χ1n) is 3.28. The van der Waals surface area contributed by atoms with E-state index < -0.39 is 0 Å². The number of hydrogen-bond donors (Lipinski definition) is 0. The van der Waals surface area contributed by atoms with Gasteiger partial charge in [0.05, 0.1) is 7.11 Å².